The lowest BCUT2D eigenvalue weighted by molar-refractivity contribution is -0.131. The Bertz CT molecular complexity index is 667. The SMILES string of the molecule is COc1cccc(C2=CC=C(C(=O)O)S2(=O)=O)c1. The lowest BCUT2D eigenvalue weighted by Gasteiger charge is -2.06. The number of ether oxygens (including phenoxy) is 1. The Morgan fingerprint density at radius 3 is 2.56 bits per heavy atom. The molecule has 1 N–H and O–H groups in total. The van der Waals surface area contributed by atoms with Crippen LogP contribution in [0.3, 0.4) is 0 Å². The van der Waals surface area contributed by atoms with Crippen molar-refractivity contribution >= 4 is 20.7 Å². The Morgan fingerprint density at radius 1 is 1.28 bits per heavy atom. The molecule has 1 aliphatic heterocycles. The van der Waals surface area contributed by atoms with E-state index < -0.39 is 20.7 Å². The molecular weight excluding hydrogens is 256 g/mol. The minimum Gasteiger partial charge on any atom is -0.497 e. The summed E-state index contributed by atoms with van der Waals surface area (Å²) >= 11 is 0. The van der Waals surface area contributed by atoms with E-state index in [0.29, 0.717) is 11.3 Å². The first-order chi connectivity index (χ1) is 8.46. The van der Waals surface area contributed by atoms with Gasteiger partial charge in [0.15, 0.2) is 4.91 Å². The van der Waals surface area contributed by atoms with E-state index in [1.165, 1.54) is 13.2 Å². The molecule has 1 aromatic rings. The van der Waals surface area contributed by atoms with Gasteiger partial charge in [0, 0.05) is 0 Å². The van der Waals surface area contributed by atoms with Crippen molar-refractivity contribution in [3.05, 3.63) is 46.9 Å². The average molecular weight is 266 g/mol. The zero-order valence-electron chi connectivity index (χ0n) is 9.45. The van der Waals surface area contributed by atoms with Crippen LogP contribution in [0.15, 0.2) is 41.3 Å². The van der Waals surface area contributed by atoms with E-state index in [2.05, 4.69) is 0 Å². The Kier molecular flexibility index (Phi) is 2.96. The standard InChI is InChI=1S/C12H10O5S/c1-17-9-4-2-3-8(7-9)10-5-6-11(12(13)14)18(10,15)16/h2-7H,1H3,(H,13,14). The van der Waals surface area contributed by atoms with Gasteiger partial charge in [0.25, 0.3) is 0 Å². The molecule has 5 nitrogen and oxygen atoms in total. The van der Waals surface area contributed by atoms with E-state index in [-0.39, 0.29) is 4.91 Å². The molecule has 0 aromatic heterocycles. The maximum Gasteiger partial charge on any atom is 0.347 e. The van der Waals surface area contributed by atoms with Crippen LogP contribution in [0.2, 0.25) is 0 Å². The van der Waals surface area contributed by atoms with Gasteiger partial charge in [-0.25, -0.2) is 13.2 Å². The first-order valence-corrected chi connectivity index (χ1v) is 6.50. The third-order valence-electron chi connectivity index (χ3n) is 2.53. The monoisotopic (exact) mass is 266 g/mol. The van der Waals surface area contributed by atoms with E-state index >= 15 is 0 Å². The van der Waals surface area contributed by atoms with E-state index in [4.69, 9.17) is 9.84 Å². The molecule has 0 unspecified atom stereocenters. The molecule has 0 spiro atoms. The molecule has 1 aliphatic rings. The van der Waals surface area contributed by atoms with Crippen molar-refractivity contribution in [3.8, 4) is 5.75 Å². The van der Waals surface area contributed by atoms with Gasteiger partial charge in [-0.1, -0.05) is 12.1 Å². The second-order valence-electron chi connectivity index (χ2n) is 3.60. The number of sulfone groups is 1. The number of allylic oxidation sites excluding steroid dienone is 2. The van der Waals surface area contributed by atoms with E-state index in [1.807, 2.05) is 0 Å². The first-order valence-electron chi connectivity index (χ1n) is 5.01. The molecule has 0 saturated heterocycles. The van der Waals surface area contributed by atoms with Crippen LogP contribution in [-0.2, 0) is 14.6 Å². The summed E-state index contributed by atoms with van der Waals surface area (Å²) < 4.78 is 29.0. The molecule has 1 aromatic carbocycles. The predicted octanol–water partition coefficient (Wildman–Crippen LogP) is 1.43. The van der Waals surface area contributed by atoms with Crippen molar-refractivity contribution < 1.29 is 23.1 Å². The molecule has 0 bridgehead atoms. The van der Waals surface area contributed by atoms with Crippen LogP contribution in [-0.4, -0.2) is 26.6 Å². The highest BCUT2D eigenvalue weighted by atomic mass is 32.2. The number of hydrogen-bond donors (Lipinski definition) is 1. The third-order valence-corrected chi connectivity index (χ3v) is 4.37. The highest BCUT2D eigenvalue weighted by Gasteiger charge is 2.33. The number of benzene rings is 1. The van der Waals surface area contributed by atoms with Gasteiger partial charge in [0.05, 0.1) is 12.0 Å². The largest absolute Gasteiger partial charge is 0.497 e. The molecule has 0 fully saturated rings. The molecule has 0 amide bonds. The van der Waals surface area contributed by atoms with Crippen molar-refractivity contribution in [1.82, 2.24) is 0 Å². The van der Waals surface area contributed by atoms with Crippen LogP contribution in [0.25, 0.3) is 4.91 Å². The quantitative estimate of drug-likeness (QED) is 0.895. The third kappa shape index (κ3) is 1.91. The van der Waals surface area contributed by atoms with Crippen molar-refractivity contribution in [2.24, 2.45) is 0 Å². The molecule has 0 aliphatic carbocycles. The van der Waals surface area contributed by atoms with E-state index in [1.54, 1.807) is 24.3 Å². The fraction of sp³-hybridized carbons (Fsp3) is 0.0833. The highest BCUT2D eigenvalue weighted by molar-refractivity contribution is 8.05. The second kappa shape index (κ2) is 4.30. The summed E-state index contributed by atoms with van der Waals surface area (Å²) in [6.07, 6.45) is 2.38. The van der Waals surface area contributed by atoms with Crippen LogP contribution in [0, 0.1) is 0 Å². The summed E-state index contributed by atoms with van der Waals surface area (Å²) in [5, 5.41) is 8.81. The van der Waals surface area contributed by atoms with Crippen molar-refractivity contribution in [2.75, 3.05) is 7.11 Å². The van der Waals surface area contributed by atoms with Gasteiger partial charge in [0.1, 0.15) is 5.75 Å². The minimum absolute atomic E-state index is 0.0289. The summed E-state index contributed by atoms with van der Waals surface area (Å²) in [5.74, 6) is -0.948. The summed E-state index contributed by atoms with van der Waals surface area (Å²) in [7, 11) is -2.47. The number of hydrogen-bond acceptors (Lipinski definition) is 4. The molecular formula is C12H10O5S. The predicted molar refractivity (Wildman–Crippen MR) is 65.6 cm³/mol. The van der Waals surface area contributed by atoms with Gasteiger partial charge in [-0.3, -0.25) is 0 Å². The lowest BCUT2D eigenvalue weighted by atomic mass is 10.2. The zero-order valence-corrected chi connectivity index (χ0v) is 10.3. The molecule has 6 heteroatoms. The fourth-order valence-electron chi connectivity index (χ4n) is 1.66. The van der Waals surface area contributed by atoms with Gasteiger partial charge < -0.3 is 9.84 Å². The number of rotatable bonds is 3. The normalized spacial score (nSPS) is 16.9. The summed E-state index contributed by atoms with van der Waals surface area (Å²) in [6, 6.07) is 6.45. The number of carboxylic acid groups (broad SMARTS) is 1. The van der Waals surface area contributed by atoms with Gasteiger partial charge >= 0.3 is 5.97 Å². The highest BCUT2D eigenvalue weighted by Crippen LogP contribution is 2.33. The first kappa shape index (κ1) is 12.4. The molecule has 2 rings (SSSR count). The molecule has 0 atom stereocenters. The van der Waals surface area contributed by atoms with Crippen LogP contribution >= 0.6 is 0 Å². The lowest BCUT2D eigenvalue weighted by Crippen LogP contribution is -2.10. The van der Waals surface area contributed by atoms with Crippen LogP contribution in [0.1, 0.15) is 5.56 Å². The topological polar surface area (TPSA) is 80.7 Å². The number of carbonyl (C=O) groups is 1. The Morgan fingerprint density at radius 2 is 2.00 bits per heavy atom. The van der Waals surface area contributed by atoms with Gasteiger partial charge in [-0.2, -0.15) is 0 Å². The van der Waals surface area contributed by atoms with Crippen molar-refractivity contribution in [2.45, 2.75) is 0 Å². The maximum atomic E-state index is 12.0. The number of methoxy groups -OCH3 is 1. The fourth-order valence-corrected chi connectivity index (χ4v) is 3.06. The maximum absolute atomic E-state index is 12.0. The number of carboxylic acids is 1. The number of aliphatic carboxylic acids is 1. The Hall–Kier alpha value is -2.08. The Balaban J connectivity index is 2.47. The minimum atomic E-state index is -3.94. The van der Waals surface area contributed by atoms with Crippen molar-refractivity contribution in [3.63, 3.8) is 0 Å². The van der Waals surface area contributed by atoms with E-state index in [9.17, 15) is 13.2 Å². The smallest absolute Gasteiger partial charge is 0.347 e. The molecule has 94 valence electrons. The van der Waals surface area contributed by atoms with Crippen molar-refractivity contribution in [1.29, 1.82) is 0 Å². The molecule has 0 radical (unpaired) electrons. The van der Waals surface area contributed by atoms with E-state index in [0.717, 1.165) is 6.08 Å². The van der Waals surface area contributed by atoms with Gasteiger partial charge in [0.2, 0.25) is 9.84 Å². The zero-order chi connectivity index (χ0) is 13.3. The van der Waals surface area contributed by atoms with Crippen LogP contribution in [0.4, 0.5) is 0 Å². The summed E-state index contributed by atoms with van der Waals surface area (Å²) in [6.45, 7) is 0. The second-order valence-corrected chi connectivity index (χ2v) is 5.49. The summed E-state index contributed by atoms with van der Waals surface area (Å²) in [4.78, 5) is 10.2. The Labute approximate surface area is 104 Å². The molecule has 0 saturated carbocycles. The van der Waals surface area contributed by atoms with Gasteiger partial charge in [-0.15, -0.1) is 0 Å². The molecule has 1 heterocycles. The average Bonchev–Trinajstić information content (AvgIpc) is 2.64. The van der Waals surface area contributed by atoms with Crippen LogP contribution < -0.4 is 4.74 Å². The van der Waals surface area contributed by atoms with Crippen LogP contribution in [0.5, 0.6) is 5.75 Å². The summed E-state index contributed by atoms with van der Waals surface area (Å²) in [5.41, 5.74) is 0.404. The van der Waals surface area contributed by atoms with Gasteiger partial charge in [-0.05, 0) is 29.8 Å². The molecule has 18 heavy (non-hydrogen) atoms.